The van der Waals surface area contributed by atoms with Gasteiger partial charge in [0.2, 0.25) is 0 Å². The number of nitrogens with zero attached hydrogens (tertiary/aromatic N) is 4. The molecule has 1 spiro atoms. The third-order valence-electron chi connectivity index (χ3n) is 6.23. The van der Waals surface area contributed by atoms with Gasteiger partial charge in [0.1, 0.15) is 24.0 Å². The first-order valence-electron chi connectivity index (χ1n) is 10.2. The second kappa shape index (κ2) is 7.57. The molecule has 3 heterocycles. The molecule has 7 nitrogen and oxygen atoms in total. The van der Waals surface area contributed by atoms with Crippen LogP contribution < -0.4 is 4.74 Å². The lowest BCUT2D eigenvalue weighted by molar-refractivity contribution is -0.0946. The summed E-state index contributed by atoms with van der Waals surface area (Å²) < 4.78 is 13.8. The summed E-state index contributed by atoms with van der Waals surface area (Å²) in [5, 5.41) is 7.63. The maximum atomic E-state index is 13.1. The number of hydrogen-bond acceptors (Lipinski definition) is 5. The molecule has 0 N–H and O–H groups in total. The van der Waals surface area contributed by atoms with Crippen LogP contribution in [0.15, 0.2) is 55.1 Å². The van der Waals surface area contributed by atoms with Gasteiger partial charge in [-0.05, 0) is 55.2 Å². The summed E-state index contributed by atoms with van der Waals surface area (Å²) in [5.41, 5.74) is 3.71. The lowest BCUT2D eigenvalue weighted by atomic mass is 9.78. The quantitative estimate of drug-likeness (QED) is 0.671. The van der Waals surface area contributed by atoms with Crippen molar-refractivity contribution in [3.05, 3.63) is 71.8 Å². The summed E-state index contributed by atoms with van der Waals surface area (Å²) in [6.45, 7) is 2.02. The Morgan fingerprint density at radius 2 is 1.80 bits per heavy atom. The highest BCUT2D eigenvalue weighted by Crippen LogP contribution is 2.45. The molecule has 2 aliphatic heterocycles. The molecule has 0 saturated carbocycles. The summed E-state index contributed by atoms with van der Waals surface area (Å²) in [6, 6.07) is 13.7. The van der Waals surface area contributed by atoms with Gasteiger partial charge in [-0.3, -0.25) is 9.36 Å². The third kappa shape index (κ3) is 3.15. The minimum absolute atomic E-state index is 0.0521. The van der Waals surface area contributed by atoms with Crippen LogP contribution in [0.1, 0.15) is 34.3 Å². The van der Waals surface area contributed by atoms with Crippen LogP contribution in [0.2, 0.25) is 0 Å². The summed E-state index contributed by atoms with van der Waals surface area (Å²) in [4.78, 5) is 15.0. The van der Waals surface area contributed by atoms with Gasteiger partial charge in [0.25, 0.3) is 5.91 Å². The van der Waals surface area contributed by atoms with E-state index in [9.17, 15) is 4.79 Å². The standard InChI is InChI=1S/C23H24N4O3/c1-29-20-4-2-3-17-9-14-30-23(21(17)20)10-12-26(13-11-23)22(28)18-5-7-19(8-6-18)27-15-24-25-16-27/h2-8,15-16H,9-14H2,1H3. The van der Waals surface area contributed by atoms with Crippen molar-refractivity contribution in [1.82, 2.24) is 19.7 Å². The number of fused-ring (bicyclic) bond motifs is 2. The van der Waals surface area contributed by atoms with E-state index in [4.69, 9.17) is 9.47 Å². The molecule has 0 atom stereocenters. The number of carbonyl (C=O) groups is 1. The number of aromatic nitrogens is 3. The van der Waals surface area contributed by atoms with Crippen LogP contribution in [0.25, 0.3) is 5.69 Å². The van der Waals surface area contributed by atoms with Gasteiger partial charge in [-0.1, -0.05) is 12.1 Å². The first kappa shape index (κ1) is 18.8. The highest BCUT2D eigenvalue weighted by atomic mass is 16.5. The van der Waals surface area contributed by atoms with Crippen molar-refractivity contribution in [2.75, 3.05) is 26.8 Å². The van der Waals surface area contributed by atoms with Gasteiger partial charge in [0.05, 0.1) is 13.7 Å². The molecular weight excluding hydrogens is 380 g/mol. The number of carbonyl (C=O) groups excluding carboxylic acids is 1. The molecule has 1 aromatic heterocycles. The summed E-state index contributed by atoms with van der Waals surface area (Å²) >= 11 is 0. The van der Waals surface area contributed by atoms with Gasteiger partial charge in [0, 0.05) is 29.9 Å². The molecule has 154 valence electrons. The van der Waals surface area contributed by atoms with Crippen molar-refractivity contribution in [3.63, 3.8) is 0 Å². The summed E-state index contributed by atoms with van der Waals surface area (Å²) in [6.07, 6.45) is 5.71. The van der Waals surface area contributed by atoms with Crippen molar-refractivity contribution < 1.29 is 14.3 Å². The monoisotopic (exact) mass is 404 g/mol. The molecule has 2 aromatic carbocycles. The van der Waals surface area contributed by atoms with E-state index >= 15 is 0 Å². The Bertz CT molecular complexity index is 1020. The Morgan fingerprint density at radius 3 is 2.50 bits per heavy atom. The number of hydrogen-bond donors (Lipinski definition) is 0. The number of rotatable bonds is 3. The second-order valence-corrected chi connectivity index (χ2v) is 7.80. The highest BCUT2D eigenvalue weighted by Gasteiger charge is 2.43. The minimum atomic E-state index is -0.366. The number of methoxy groups -OCH3 is 1. The molecule has 5 rings (SSSR count). The van der Waals surface area contributed by atoms with Gasteiger partial charge in [-0.2, -0.15) is 0 Å². The Hall–Kier alpha value is -3.19. The fourth-order valence-corrected chi connectivity index (χ4v) is 4.66. The average molecular weight is 404 g/mol. The minimum Gasteiger partial charge on any atom is -0.496 e. The number of ether oxygens (including phenoxy) is 2. The molecule has 0 bridgehead atoms. The van der Waals surface area contributed by atoms with E-state index in [1.165, 1.54) is 11.1 Å². The molecule has 1 amide bonds. The van der Waals surface area contributed by atoms with E-state index in [0.29, 0.717) is 25.3 Å². The number of likely N-dealkylation sites (tertiary alicyclic amines) is 1. The lowest BCUT2D eigenvalue weighted by Crippen LogP contribution is -2.48. The van der Waals surface area contributed by atoms with Crippen LogP contribution >= 0.6 is 0 Å². The predicted octanol–water partition coefficient (Wildman–Crippen LogP) is 2.98. The van der Waals surface area contributed by atoms with E-state index in [-0.39, 0.29) is 11.5 Å². The van der Waals surface area contributed by atoms with E-state index in [1.54, 1.807) is 19.8 Å². The van der Waals surface area contributed by atoms with Crippen LogP contribution in [0.4, 0.5) is 0 Å². The second-order valence-electron chi connectivity index (χ2n) is 7.80. The van der Waals surface area contributed by atoms with Crippen molar-refractivity contribution >= 4 is 5.91 Å². The molecule has 30 heavy (non-hydrogen) atoms. The highest BCUT2D eigenvalue weighted by molar-refractivity contribution is 5.94. The molecule has 3 aromatic rings. The van der Waals surface area contributed by atoms with E-state index < -0.39 is 0 Å². The molecule has 0 unspecified atom stereocenters. The van der Waals surface area contributed by atoms with Crippen LogP contribution in [-0.4, -0.2) is 52.4 Å². The van der Waals surface area contributed by atoms with Crippen LogP contribution in [0.5, 0.6) is 5.75 Å². The molecule has 1 saturated heterocycles. The van der Waals surface area contributed by atoms with Crippen LogP contribution in [-0.2, 0) is 16.8 Å². The van der Waals surface area contributed by atoms with Gasteiger partial charge < -0.3 is 14.4 Å². The smallest absolute Gasteiger partial charge is 0.253 e. The Morgan fingerprint density at radius 1 is 1.07 bits per heavy atom. The van der Waals surface area contributed by atoms with Crippen LogP contribution in [0.3, 0.4) is 0 Å². The summed E-state index contributed by atoms with van der Waals surface area (Å²) in [7, 11) is 1.71. The SMILES string of the molecule is COc1cccc2c1C1(CCN(C(=O)c3ccc(-n4cnnc4)cc3)CC1)OCC2. The van der Waals surface area contributed by atoms with Crippen molar-refractivity contribution in [3.8, 4) is 11.4 Å². The lowest BCUT2D eigenvalue weighted by Gasteiger charge is -2.45. The first-order chi connectivity index (χ1) is 14.7. The van der Waals surface area contributed by atoms with Crippen molar-refractivity contribution in [2.24, 2.45) is 0 Å². The third-order valence-corrected chi connectivity index (χ3v) is 6.23. The van der Waals surface area contributed by atoms with Crippen molar-refractivity contribution in [2.45, 2.75) is 24.9 Å². The zero-order chi connectivity index (χ0) is 20.6. The summed E-state index contributed by atoms with van der Waals surface area (Å²) in [5.74, 6) is 0.938. The molecule has 7 heteroatoms. The molecule has 0 radical (unpaired) electrons. The normalized spacial score (nSPS) is 17.6. The molecule has 0 aliphatic carbocycles. The predicted molar refractivity (Wildman–Crippen MR) is 111 cm³/mol. The zero-order valence-corrected chi connectivity index (χ0v) is 17.0. The van der Waals surface area contributed by atoms with E-state index in [1.807, 2.05) is 45.9 Å². The molecule has 1 fully saturated rings. The van der Waals surface area contributed by atoms with Gasteiger partial charge in [-0.15, -0.1) is 10.2 Å². The first-order valence-corrected chi connectivity index (χ1v) is 10.2. The van der Waals surface area contributed by atoms with Gasteiger partial charge in [-0.25, -0.2) is 0 Å². The van der Waals surface area contributed by atoms with Crippen molar-refractivity contribution in [1.29, 1.82) is 0 Å². The molecular formula is C23H24N4O3. The number of amides is 1. The largest absolute Gasteiger partial charge is 0.496 e. The fourth-order valence-electron chi connectivity index (χ4n) is 4.66. The Kier molecular flexibility index (Phi) is 4.75. The van der Waals surface area contributed by atoms with Crippen LogP contribution in [0, 0.1) is 0 Å². The molecule has 2 aliphatic rings. The maximum Gasteiger partial charge on any atom is 0.253 e. The van der Waals surface area contributed by atoms with Gasteiger partial charge in [0.15, 0.2) is 0 Å². The Labute approximate surface area is 175 Å². The average Bonchev–Trinajstić information content (AvgIpc) is 3.34. The Balaban J connectivity index is 1.33. The number of benzene rings is 2. The number of piperidine rings is 1. The van der Waals surface area contributed by atoms with Gasteiger partial charge >= 0.3 is 0 Å². The fraction of sp³-hybridized carbons (Fsp3) is 0.348. The van der Waals surface area contributed by atoms with E-state index in [2.05, 4.69) is 16.3 Å². The van der Waals surface area contributed by atoms with E-state index in [0.717, 1.165) is 30.7 Å². The zero-order valence-electron chi connectivity index (χ0n) is 17.0. The topological polar surface area (TPSA) is 69.5 Å². The maximum absolute atomic E-state index is 13.1.